The van der Waals surface area contributed by atoms with Gasteiger partial charge in [0.15, 0.2) is 0 Å². The fourth-order valence-electron chi connectivity index (χ4n) is 3.32. The van der Waals surface area contributed by atoms with Crippen LogP contribution in [-0.2, 0) is 0 Å². The summed E-state index contributed by atoms with van der Waals surface area (Å²) in [6, 6.07) is 12.2. The van der Waals surface area contributed by atoms with Gasteiger partial charge in [0.2, 0.25) is 0 Å². The van der Waals surface area contributed by atoms with Crippen LogP contribution in [0.4, 0.5) is 5.82 Å². The van der Waals surface area contributed by atoms with Crippen molar-refractivity contribution in [2.75, 3.05) is 18.5 Å². The molecule has 1 aliphatic carbocycles. The molecule has 108 valence electrons. The lowest BCUT2D eigenvalue weighted by molar-refractivity contribution is 0.361. The number of anilines is 1. The molecular formula is C18H21N3. The molecule has 1 saturated carbocycles. The number of hydrogen-bond donors (Lipinski definition) is 0. The van der Waals surface area contributed by atoms with Crippen LogP contribution >= 0.6 is 0 Å². The van der Waals surface area contributed by atoms with Crippen LogP contribution in [0.5, 0.6) is 0 Å². The number of hydrogen-bond acceptors (Lipinski definition) is 3. The molecule has 1 aromatic heterocycles. The van der Waals surface area contributed by atoms with Gasteiger partial charge in [-0.3, -0.25) is 0 Å². The van der Waals surface area contributed by atoms with Crippen molar-refractivity contribution in [1.29, 1.82) is 5.26 Å². The van der Waals surface area contributed by atoms with Gasteiger partial charge in [-0.25, -0.2) is 4.98 Å². The molecule has 1 heterocycles. The summed E-state index contributed by atoms with van der Waals surface area (Å²) in [5, 5.41) is 10.4. The molecule has 0 unspecified atom stereocenters. The van der Waals surface area contributed by atoms with E-state index >= 15 is 0 Å². The molecule has 0 saturated heterocycles. The highest BCUT2D eigenvalue weighted by molar-refractivity contribution is 5.83. The summed E-state index contributed by atoms with van der Waals surface area (Å²) in [4.78, 5) is 6.88. The van der Waals surface area contributed by atoms with E-state index in [0.717, 1.165) is 29.2 Å². The molecule has 3 nitrogen and oxygen atoms in total. The van der Waals surface area contributed by atoms with E-state index in [1.807, 2.05) is 30.3 Å². The molecule has 1 fully saturated rings. The molecule has 0 bridgehead atoms. The van der Waals surface area contributed by atoms with Gasteiger partial charge in [0, 0.05) is 19.0 Å². The number of nitrogens with zero attached hydrogens (tertiary/aromatic N) is 3. The summed E-state index contributed by atoms with van der Waals surface area (Å²) in [7, 11) is 2.06. The Bertz CT molecular complexity index is 666. The Balaban J connectivity index is 1.89. The number of fused-ring (bicyclic) bond motifs is 1. The molecule has 0 aliphatic heterocycles. The predicted octanol–water partition coefficient (Wildman–Crippen LogP) is 4.12. The number of para-hydroxylation sites is 1. The van der Waals surface area contributed by atoms with Gasteiger partial charge in [-0.2, -0.15) is 5.26 Å². The van der Waals surface area contributed by atoms with E-state index in [9.17, 15) is 5.26 Å². The molecule has 3 heteroatoms. The molecule has 1 aromatic carbocycles. The molecule has 3 rings (SSSR count). The lowest BCUT2D eigenvalue weighted by Gasteiger charge is -2.28. The van der Waals surface area contributed by atoms with Gasteiger partial charge in [-0.15, -0.1) is 0 Å². The van der Waals surface area contributed by atoms with Crippen LogP contribution in [0.15, 0.2) is 30.3 Å². The molecule has 1 aliphatic rings. The van der Waals surface area contributed by atoms with Crippen molar-refractivity contribution in [3.8, 4) is 6.07 Å². The van der Waals surface area contributed by atoms with Gasteiger partial charge in [0.1, 0.15) is 11.9 Å². The second-order valence-electron chi connectivity index (χ2n) is 6.05. The first-order chi connectivity index (χ1) is 10.3. The Kier molecular flexibility index (Phi) is 4.06. The van der Waals surface area contributed by atoms with Crippen LogP contribution in [-0.4, -0.2) is 18.6 Å². The van der Waals surface area contributed by atoms with E-state index in [1.165, 1.54) is 32.1 Å². The van der Waals surface area contributed by atoms with Crippen molar-refractivity contribution >= 4 is 16.7 Å². The Hall–Kier alpha value is -2.08. The van der Waals surface area contributed by atoms with Gasteiger partial charge in [0.05, 0.1) is 11.1 Å². The minimum absolute atomic E-state index is 0.673. The smallest absolute Gasteiger partial charge is 0.147 e. The topological polar surface area (TPSA) is 39.9 Å². The number of pyridine rings is 1. The SMILES string of the molecule is CN(CC1CCCCC1)c1nc2ccccc2cc1C#N. The first-order valence-electron chi connectivity index (χ1n) is 7.79. The molecule has 0 N–H and O–H groups in total. The zero-order valence-corrected chi connectivity index (χ0v) is 12.5. The van der Waals surface area contributed by atoms with Crippen molar-refractivity contribution in [2.45, 2.75) is 32.1 Å². The van der Waals surface area contributed by atoms with Crippen LogP contribution in [0.2, 0.25) is 0 Å². The summed E-state index contributed by atoms with van der Waals surface area (Å²) in [5.74, 6) is 1.56. The average molecular weight is 279 g/mol. The van der Waals surface area contributed by atoms with Gasteiger partial charge in [-0.05, 0) is 30.9 Å². The lowest BCUT2D eigenvalue weighted by atomic mass is 9.89. The summed E-state index contributed by atoms with van der Waals surface area (Å²) in [5.41, 5.74) is 1.63. The van der Waals surface area contributed by atoms with Gasteiger partial charge < -0.3 is 4.90 Å². The summed E-state index contributed by atoms with van der Waals surface area (Å²) in [6.07, 6.45) is 6.67. The van der Waals surface area contributed by atoms with E-state index in [0.29, 0.717) is 5.56 Å². The van der Waals surface area contributed by atoms with E-state index in [1.54, 1.807) is 0 Å². The van der Waals surface area contributed by atoms with E-state index in [-0.39, 0.29) is 0 Å². The van der Waals surface area contributed by atoms with Crippen LogP contribution in [0.1, 0.15) is 37.7 Å². The highest BCUT2D eigenvalue weighted by Gasteiger charge is 2.18. The summed E-state index contributed by atoms with van der Waals surface area (Å²) >= 11 is 0. The van der Waals surface area contributed by atoms with Crippen molar-refractivity contribution in [2.24, 2.45) is 5.92 Å². The highest BCUT2D eigenvalue weighted by atomic mass is 15.2. The number of rotatable bonds is 3. The fraction of sp³-hybridized carbons (Fsp3) is 0.444. The molecule has 0 radical (unpaired) electrons. The second-order valence-corrected chi connectivity index (χ2v) is 6.05. The van der Waals surface area contributed by atoms with Crippen LogP contribution in [0.3, 0.4) is 0 Å². The molecule has 0 amide bonds. The second kappa shape index (κ2) is 6.13. The Labute approximate surface area is 126 Å². The molecule has 21 heavy (non-hydrogen) atoms. The molecule has 2 aromatic rings. The summed E-state index contributed by atoms with van der Waals surface area (Å²) < 4.78 is 0. The zero-order chi connectivity index (χ0) is 14.7. The Morgan fingerprint density at radius 1 is 1.24 bits per heavy atom. The van der Waals surface area contributed by atoms with E-state index in [2.05, 4.69) is 18.0 Å². The van der Waals surface area contributed by atoms with E-state index in [4.69, 9.17) is 4.98 Å². The highest BCUT2D eigenvalue weighted by Crippen LogP contribution is 2.27. The third-order valence-corrected chi connectivity index (χ3v) is 4.44. The van der Waals surface area contributed by atoms with Crippen molar-refractivity contribution in [3.63, 3.8) is 0 Å². The maximum Gasteiger partial charge on any atom is 0.147 e. The fourth-order valence-corrected chi connectivity index (χ4v) is 3.32. The Morgan fingerprint density at radius 2 is 2.00 bits per heavy atom. The van der Waals surface area contributed by atoms with Crippen LogP contribution < -0.4 is 4.90 Å². The predicted molar refractivity (Wildman–Crippen MR) is 86.3 cm³/mol. The van der Waals surface area contributed by atoms with Gasteiger partial charge in [0.25, 0.3) is 0 Å². The van der Waals surface area contributed by atoms with Gasteiger partial charge in [-0.1, -0.05) is 37.5 Å². The average Bonchev–Trinajstić information content (AvgIpc) is 2.54. The van der Waals surface area contributed by atoms with Crippen LogP contribution in [0.25, 0.3) is 10.9 Å². The lowest BCUT2D eigenvalue weighted by Crippen LogP contribution is -2.28. The first-order valence-corrected chi connectivity index (χ1v) is 7.79. The molecule has 0 spiro atoms. The van der Waals surface area contributed by atoms with Crippen LogP contribution in [0, 0.1) is 17.2 Å². The Morgan fingerprint density at radius 3 is 2.76 bits per heavy atom. The monoisotopic (exact) mass is 279 g/mol. The normalized spacial score (nSPS) is 15.8. The van der Waals surface area contributed by atoms with Crippen molar-refractivity contribution < 1.29 is 0 Å². The van der Waals surface area contributed by atoms with E-state index < -0.39 is 0 Å². The number of benzene rings is 1. The number of nitriles is 1. The minimum Gasteiger partial charge on any atom is -0.358 e. The number of aromatic nitrogens is 1. The third-order valence-electron chi connectivity index (χ3n) is 4.44. The standard InChI is InChI=1S/C18H21N3/c1-21(13-14-7-3-2-4-8-14)18-16(12-19)11-15-9-5-6-10-17(15)20-18/h5-6,9-11,14H,2-4,7-8,13H2,1H3. The zero-order valence-electron chi connectivity index (χ0n) is 12.5. The molecular weight excluding hydrogens is 258 g/mol. The van der Waals surface area contributed by atoms with Crippen molar-refractivity contribution in [3.05, 3.63) is 35.9 Å². The van der Waals surface area contributed by atoms with Gasteiger partial charge >= 0.3 is 0 Å². The largest absolute Gasteiger partial charge is 0.358 e. The minimum atomic E-state index is 0.673. The molecule has 0 atom stereocenters. The maximum absolute atomic E-state index is 9.42. The maximum atomic E-state index is 9.42. The quantitative estimate of drug-likeness (QED) is 0.848. The third kappa shape index (κ3) is 3.00. The first kappa shape index (κ1) is 13.9. The summed E-state index contributed by atoms with van der Waals surface area (Å²) in [6.45, 7) is 1.00. The van der Waals surface area contributed by atoms with Crippen molar-refractivity contribution in [1.82, 2.24) is 4.98 Å².